The van der Waals surface area contributed by atoms with Crippen molar-refractivity contribution in [3.63, 3.8) is 0 Å². The maximum absolute atomic E-state index is 11.4. The van der Waals surface area contributed by atoms with Gasteiger partial charge in [-0.2, -0.15) is 4.98 Å². The smallest absolute Gasteiger partial charge is 0.255 e. The Morgan fingerprint density at radius 1 is 1.08 bits per heavy atom. The Hall–Kier alpha value is -2.58. The fraction of sp³-hybridized carbons (Fsp3) is 0.235. The fourth-order valence-electron chi connectivity index (χ4n) is 3.00. The van der Waals surface area contributed by atoms with E-state index in [4.69, 9.17) is 9.66 Å². The summed E-state index contributed by atoms with van der Waals surface area (Å²) in [5.74, 6) is 1.50. The Morgan fingerprint density at radius 2 is 1.84 bits per heavy atom. The molecule has 1 aliphatic carbocycles. The summed E-state index contributed by atoms with van der Waals surface area (Å²) in [6, 6.07) is 12.8. The average molecular weight is 356 g/mol. The van der Waals surface area contributed by atoms with Crippen LogP contribution in [0.25, 0.3) is 11.4 Å². The second-order valence-corrected chi connectivity index (χ2v) is 7.65. The number of nitrogens with zero attached hydrogens (tertiary/aromatic N) is 3. The minimum absolute atomic E-state index is 0.116. The van der Waals surface area contributed by atoms with Gasteiger partial charge in [0.05, 0.1) is 0 Å². The highest BCUT2D eigenvalue weighted by Gasteiger charge is 2.44. The Morgan fingerprint density at radius 3 is 2.52 bits per heavy atom. The minimum Gasteiger partial charge on any atom is -0.339 e. The lowest BCUT2D eigenvalue weighted by atomic mass is 10.1. The monoisotopic (exact) mass is 356 g/mol. The van der Waals surface area contributed by atoms with Gasteiger partial charge in [0.25, 0.3) is 10.0 Å². The Balaban J connectivity index is 1.56. The number of pyridine rings is 1. The number of hydrogen-bond donors (Lipinski definition) is 1. The molecule has 8 heteroatoms. The average Bonchev–Trinajstić information content (AvgIpc) is 3.22. The quantitative estimate of drug-likeness (QED) is 0.768. The molecule has 0 radical (unpaired) electrons. The van der Waals surface area contributed by atoms with Crippen LogP contribution in [-0.4, -0.2) is 23.5 Å². The molecular formula is C17H16N4O3S. The van der Waals surface area contributed by atoms with Gasteiger partial charge in [-0.1, -0.05) is 41.6 Å². The number of aromatic nitrogens is 3. The van der Waals surface area contributed by atoms with E-state index in [1.54, 1.807) is 13.0 Å². The molecule has 3 aromatic rings. The molecule has 1 fully saturated rings. The van der Waals surface area contributed by atoms with Crippen molar-refractivity contribution in [3.05, 3.63) is 59.6 Å². The van der Waals surface area contributed by atoms with Gasteiger partial charge < -0.3 is 4.52 Å². The van der Waals surface area contributed by atoms with Crippen molar-refractivity contribution in [1.82, 2.24) is 15.1 Å². The van der Waals surface area contributed by atoms with Crippen LogP contribution in [0.1, 0.15) is 35.4 Å². The summed E-state index contributed by atoms with van der Waals surface area (Å²) in [5.41, 5.74) is 2.55. The maximum Gasteiger partial charge on any atom is 0.255 e. The number of aryl methyl sites for hydroxylation is 1. The first-order valence-electron chi connectivity index (χ1n) is 7.83. The number of rotatable bonds is 4. The van der Waals surface area contributed by atoms with E-state index in [1.165, 1.54) is 6.07 Å². The third kappa shape index (κ3) is 3.06. The van der Waals surface area contributed by atoms with Crippen LogP contribution in [-0.2, 0) is 10.0 Å². The summed E-state index contributed by atoms with van der Waals surface area (Å²) < 4.78 is 28.2. The minimum atomic E-state index is -3.79. The van der Waals surface area contributed by atoms with E-state index in [0.717, 1.165) is 17.5 Å². The SMILES string of the molecule is Cc1nc(S(N)(=O)=O)ccc1[C@@H]1C[C@H]1c1nc(-c2ccccc2)no1. The van der Waals surface area contributed by atoms with Crippen LogP contribution >= 0.6 is 0 Å². The van der Waals surface area contributed by atoms with E-state index >= 15 is 0 Å². The normalized spacial score (nSPS) is 19.8. The molecule has 2 atom stereocenters. The molecule has 7 nitrogen and oxygen atoms in total. The zero-order chi connectivity index (χ0) is 17.6. The number of primary sulfonamides is 1. The molecule has 1 aromatic carbocycles. The molecule has 25 heavy (non-hydrogen) atoms. The van der Waals surface area contributed by atoms with Crippen LogP contribution in [0.3, 0.4) is 0 Å². The van der Waals surface area contributed by atoms with Gasteiger partial charge in [-0.25, -0.2) is 18.5 Å². The van der Waals surface area contributed by atoms with Gasteiger partial charge in [-0.3, -0.25) is 0 Å². The van der Waals surface area contributed by atoms with Crippen molar-refractivity contribution < 1.29 is 12.9 Å². The molecule has 0 unspecified atom stereocenters. The molecule has 4 rings (SSSR count). The number of benzene rings is 1. The molecule has 1 aliphatic rings. The van der Waals surface area contributed by atoms with Gasteiger partial charge in [0.15, 0.2) is 5.03 Å². The van der Waals surface area contributed by atoms with Gasteiger partial charge in [0.2, 0.25) is 11.7 Å². The topological polar surface area (TPSA) is 112 Å². The predicted molar refractivity (Wildman–Crippen MR) is 90.2 cm³/mol. The van der Waals surface area contributed by atoms with E-state index in [-0.39, 0.29) is 16.9 Å². The van der Waals surface area contributed by atoms with Crippen molar-refractivity contribution >= 4 is 10.0 Å². The van der Waals surface area contributed by atoms with Crippen molar-refractivity contribution in [2.75, 3.05) is 0 Å². The van der Waals surface area contributed by atoms with Crippen LogP contribution in [0.4, 0.5) is 0 Å². The summed E-state index contributed by atoms with van der Waals surface area (Å²) in [5, 5.41) is 9.05. The van der Waals surface area contributed by atoms with E-state index < -0.39 is 10.0 Å². The Bertz CT molecular complexity index is 1030. The lowest BCUT2D eigenvalue weighted by molar-refractivity contribution is 0.378. The fourth-order valence-corrected chi connectivity index (χ4v) is 3.52. The molecule has 0 aliphatic heterocycles. The standard InChI is InChI=1S/C17H16N4O3S/c1-10-12(7-8-15(19-10)25(18,22)23)13-9-14(13)17-20-16(21-24-17)11-5-3-2-4-6-11/h2-8,13-14H,9H2,1H3,(H2,18,22,23)/t13-,14+/m0/s1. The first kappa shape index (κ1) is 15.9. The zero-order valence-electron chi connectivity index (χ0n) is 13.5. The Kier molecular flexibility index (Phi) is 3.66. The lowest BCUT2D eigenvalue weighted by Crippen LogP contribution is -2.14. The molecule has 2 N–H and O–H groups in total. The molecule has 0 bridgehead atoms. The van der Waals surface area contributed by atoms with Crippen LogP contribution < -0.4 is 5.14 Å². The van der Waals surface area contributed by atoms with Crippen LogP contribution in [0.15, 0.2) is 52.0 Å². The predicted octanol–water partition coefficient (Wildman–Crippen LogP) is 2.36. The Labute approximate surface area is 145 Å². The van der Waals surface area contributed by atoms with Gasteiger partial charge in [-0.15, -0.1) is 0 Å². The molecule has 0 amide bonds. The molecule has 1 saturated carbocycles. The van der Waals surface area contributed by atoms with E-state index in [0.29, 0.717) is 17.4 Å². The largest absolute Gasteiger partial charge is 0.339 e. The van der Waals surface area contributed by atoms with Crippen molar-refractivity contribution in [3.8, 4) is 11.4 Å². The summed E-state index contributed by atoms with van der Waals surface area (Å²) >= 11 is 0. The van der Waals surface area contributed by atoms with Crippen LogP contribution in [0.2, 0.25) is 0 Å². The lowest BCUT2D eigenvalue weighted by Gasteiger charge is -2.05. The van der Waals surface area contributed by atoms with Gasteiger partial charge >= 0.3 is 0 Å². The first-order valence-corrected chi connectivity index (χ1v) is 9.37. The third-order valence-corrected chi connectivity index (χ3v) is 5.18. The number of hydrogen-bond acceptors (Lipinski definition) is 6. The second kappa shape index (κ2) is 5.75. The number of sulfonamides is 1. The molecule has 2 aromatic heterocycles. The van der Waals surface area contributed by atoms with Gasteiger partial charge in [0, 0.05) is 17.2 Å². The summed E-state index contributed by atoms with van der Waals surface area (Å²) in [7, 11) is -3.79. The van der Waals surface area contributed by atoms with Crippen molar-refractivity contribution in [2.45, 2.75) is 30.2 Å². The highest BCUT2D eigenvalue weighted by Crippen LogP contribution is 2.54. The van der Waals surface area contributed by atoms with Crippen molar-refractivity contribution in [2.24, 2.45) is 5.14 Å². The van der Waals surface area contributed by atoms with E-state index in [9.17, 15) is 8.42 Å². The second-order valence-electron chi connectivity index (χ2n) is 6.14. The molecule has 0 spiro atoms. The first-order chi connectivity index (χ1) is 11.9. The third-order valence-electron chi connectivity index (χ3n) is 4.37. The molecule has 2 heterocycles. The maximum atomic E-state index is 11.4. The van der Waals surface area contributed by atoms with Gasteiger partial charge in [0.1, 0.15) is 0 Å². The highest BCUT2D eigenvalue weighted by atomic mass is 32.2. The van der Waals surface area contributed by atoms with Crippen LogP contribution in [0.5, 0.6) is 0 Å². The van der Waals surface area contributed by atoms with E-state index in [1.807, 2.05) is 30.3 Å². The molecular weight excluding hydrogens is 340 g/mol. The molecule has 128 valence electrons. The highest BCUT2D eigenvalue weighted by molar-refractivity contribution is 7.89. The number of nitrogens with two attached hydrogens (primary N) is 1. The summed E-state index contributed by atoms with van der Waals surface area (Å²) in [6.45, 7) is 1.78. The molecule has 0 saturated heterocycles. The van der Waals surface area contributed by atoms with E-state index in [2.05, 4.69) is 15.1 Å². The van der Waals surface area contributed by atoms with Crippen molar-refractivity contribution in [1.29, 1.82) is 0 Å². The summed E-state index contributed by atoms with van der Waals surface area (Å²) in [6.07, 6.45) is 0.869. The zero-order valence-corrected chi connectivity index (χ0v) is 14.3. The summed E-state index contributed by atoms with van der Waals surface area (Å²) in [4.78, 5) is 8.60. The van der Waals surface area contributed by atoms with Crippen LogP contribution in [0, 0.1) is 6.92 Å². The van der Waals surface area contributed by atoms with Gasteiger partial charge in [-0.05, 0) is 30.9 Å².